The van der Waals surface area contributed by atoms with Crippen LogP contribution < -0.4 is 20.8 Å². The number of hydrogen-bond acceptors (Lipinski definition) is 6. The minimum atomic E-state index is -0.991. The predicted molar refractivity (Wildman–Crippen MR) is 39.3 cm³/mol. The molecule has 0 aliphatic carbocycles. The zero-order chi connectivity index (χ0) is 9.14. The van der Waals surface area contributed by atoms with E-state index in [-0.39, 0.29) is 35.1 Å². The van der Waals surface area contributed by atoms with Gasteiger partial charge in [-0.25, -0.2) is 0 Å². The van der Waals surface area contributed by atoms with Crippen LogP contribution in [0.15, 0.2) is 0 Å². The predicted octanol–water partition coefficient (Wildman–Crippen LogP) is -4.96. The molecule has 0 bridgehead atoms. The van der Waals surface area contributed by atoms with Gasteiger partial charge in [0.25, 0.3) is 0 Å². The van der Waals surface area contributed by atoms with Gasteiger partial charge in [-0.2, -0.15) is 0 Å². The molecular weight excluding hydrogens is 188 g/mol. The summed E-state index contributed by atoms with van der Waals surface area (Å²) in [5.41, 5.74) is 0. The minimum absolute atomic E-state index is 0. The summed E-state index contributed by atoms with van der Waals surface area (Å²) in [4.78, 5) is 19.2. The zero-order valence-corrected chi connectivity index (χ0v) is 8.32. The molecule has 0 aromatic carbocycles. The Balaban J connectivity index is 0.000000206. The molecule has 2 atom stereocenters. The Morgan fingerprint density at radius 1 is 1.00 bits per heavy atom. The first-order valence-electron chi connectivity index (χ1n) is 3.49. The quantitative estimate of drug-likeness (QED) is 0.337. The summed E-state index contributed by atoms with van der Waals surface area (Å²) in [7, 11) is 0. The van der Waals surface area contributed by atoms with Crippen molar-refractivity contribution in [1.29, 1.82) is 0 Å². The summed E-state index contributed by atoms with van der Waals surface area (Å²) < 4.78 is 0. The fraction of sp³-hybridized carbons (Fsp3) is 0.667. The maximum Gasteiger partial charge on any atom is 2.00 e. The maximum absolute atomic E-state index is 9.59. The summed E-state index contributed by atoms with van der Waals surface area (Å²) >= 11 is 0. The molecule has 0 aromatic heterocycles. The molecule has 68 valence electrons. The van der Waals surface area contributed by atoms with Crippen molar-refractivity contribution >= 4 is 35.0 Å². The van der Waals surface area contributed by atoms with Crippen molar-refractivity contribution < 1.29 is 19.8 Å². The molecule has 7 heteroatoms. The fourth-order valence-corrected chi connectivity index (χ4v) is 0.451. The molecule has 2 rings (SSSR count). The van der Waals surface area contributed by atoms with Crippen LogP contribution in [-0.4, -0.2) is 60.2 Å². The van der Waals surface area contributed by atoms with Crippen molar-refractivity contribution in [3.63, 3.8) is 0 Å². The Bertz CT molecular complexity index is 181. The molecule has 2 fully saturated rings. The summed E-state index contributed by atoms with van der Waals surface area (Å²) in [6.07, 6.45) is 0. The van der Waals surface area contributed by atoms with E-state index in [1.165, 1.54) is 0 Å². The Hall–Kier alpha value is -0.374. The van der Waals surface area contributed by atoms with Crippen LogP contribution in [0.25, 0.3) is 0 Å². The van der Waals surface area contributed by atoms with Crippen molar-refractivity contribution in [2.45, 2.75) is 12.1 Å². The minimum Gasteiger partial charge on any atom is -0.548 e. The van der Waals surface area contributed by atoms with Crippen LogP contribution in [-0.2, 0) is 9.59 Å². The Morgan fingerprint density at radius 2 is 1.23 bits per heavy atom. The summed E-state index contributed by atoms with van der Waals surface area (Å²) in [6, 6.07) is -0.685. The number of hydrogen-bond donors (Lipinski definition) is 2. The molecule has 0 radical (unpaired) electrons. The first-order valence-corrected chi connectivity index (χ1v) is 3.49. The molecule has 6 nitrogen and oxygen atoms in total. The molecule has 2 aliphatic heterocycles. The van der Waals surface area contributed by atoms with Crippen LogP contribution in [0.4, 0.5) is 0 Å². The van der Waals surface area contributed by atoms with E-state index < -0.39 is 11.9 Å². The molecule has 13 heavy (non-hydrogen) atoms. The standard InChI is InChI=1S/2C3H5NO2.Mg/c2*5-3(6)2-1-4-2;/h2*2,4H,1H2,(H,5,6);/q;;+2/p-2. The van der Waals surface area contributed by atoms with Gasteiger partial charge < -0.3 is 30.4 Å². The van der Waals surface area contributed by atoms with Crippen LogP contribution in [0, 0.1) is 0 Å². The summed E-state index contributed by atoms with van der Waals surface area (Å²) in [5, 5.41) is 24.3. The van der Waals surface area contributed by atoms with E-state index in [9.17, 15) is 19.8 Å². The van der Waals surface area contributed by atoms with Gasteiger partial charge in [-0.1, -0.05) is 0 Å². The molecule has 0 saturated carbocycles. The molecule has 2 unspecified atom stereocenters. The molecule has 0 amide bonds. The SMILES string of the molecule is O=C([O-])C1CN1.O=C([O-])C1CN1.[Mg+2]. The molecule has 2 aliphatic rings. The number of rotatable bonds is 2. The van der Waals surface area contributed by atoms with E-state index in [1.807, 2.05) is 0 Å². The van der Waals surface area contributed by atoms with E-state index in [2.05, 4.69) is 10.6 Å². The van der Waals surface area contributed by atoms with Crippen LogP contribution in [0.1, 0.15) is 0 Å². The van der Waals surface area contributed by atoms with Gasteiger partial charge in [0.05, 0.1) is 24.0 Å². The van der Waals surface area contributed by atoms with Crippen molar-refractivity contribution in [2.24, 2.45) is 0 Å². The second-order valence-corrected chi connectivity index (χ2v) is 2.56. The molecule has 2 N–H and O–H groups in total. The number of carboxylic acid groups (broad SMARTS) is 2. The Labute approximate surface area is 90.8 Å². The van der Waals surface area contributed by atoms with E-state index in [4.69, 9.17) is 0 Å². The van der Waals surface area contributed by atoms with Crippen LogP contribution in [0.2, 0.25) is 0 Å². The van der Waals surface area contributed by atoms with Gasteiger partial charge in [-0.3, -0.25) is 0 Å². The number of nitrogens with one attached hydrogen (secondary N) is 2. The van der Waals surface area contributed by atoms with Gasteiger partial charge in [0.15, 0.2) is 0 Å². The molecule has 0 aromatic rings. The fourth-order valence-electron chi connectivity index (χ4n) is 0.451. The topological polar surface area (TPSA) is 124 Å². The normalized spacial score (nSPS) is 27.4. The van der Waals surface area contributed by atoms with Crippen molar-refractivity contribution in [2.75, 3.05) is 13.1 Å². The maximum atomic E-state index is 9.59. The van der Waals surface area contributed by atoms with Crippen LogP contribution in [0.3, 0.4) is 0 Å². The molecule has 2 heterocycles. The van der Waals surface area contributed by atoms with Crippen molar-refractivity contribution in [3.8, 4) is 0 Å². The summed E-state index contributed by atoms with van der Waals surface area (Å²) in [6.45, 7) is 1.17. The number of aliphatic carboxylic acids is 2. The third-order valence-electron chi connectivity index (χ3n) is 1.39. The average Bonchev–Trinajstić information content (AvgIpc) is 2.85. The largest absolute Gasteiger partial charge is 2.00 e. The number of carboxylic acids is 2. The molecular formula is C6H8MgN2O4. The average molecular weight is 196 g/mol. The van der Waals surface area contributed by atoms with Crippen LogP contribution in [0.5, 0.6) is 0 Å². The first kappa shape index (κ1) is 12.6. The summed E-state index contributed by atoms with van der Waals surface area (Å²) in [5.74, 6) is -1.98. The Kier molecular flexibility index (Phi) is 5.22. The van der Waals surface area contributed by atoms with Gasteiger partial charge in [-0.05, 0) is 0 Å². The van der Waals surface area contributed by atoms with Crippen LogP contribution >= 0.6 is 0 Å². The van der Waals surface area contributed by atoms with Gasteiger partial charge in [0.1, 0.15) is 0 Å². The van der Waals surface area contributed by atoms with E-state index in [0.29, 0.717) is 13.1 Å². The second-order valence-electron chi connectivity index (χ2n) is 2.56. The molecule has 2 saturated heterocycles. The van der Waals surface area contributed by atoms with Gasteiger partial charge in [0.2, 0.25) is 0 Å². The third-order valence-corrected chi connectivity index (χ3v) is 1.39. The van der Waals surface area contributed by atoms with Crippen molar-refractivity contribution in [1.82, 2.24) is 10.6 Å². The number of carbonyl (C=O) groups excluding carboxylic acids is 2. The first-order chi connectivity index (χ1) is 5.61. The molecule has 0 spiro atoms. The van der Waals surface area contributed by atoms with E-state index in [1.54, 1.807) is 0 Å². The zero-order valence-electron chi connectivity index (χ0n) is 6.91. The van der Waals surface area contributed by atoms with Crippen molar-refractivity contribution in [3.05, 3.63) is 0 Å². The second kappa shape index (κ2) is 5.38. The van der Waals surface area contributed by atoms with Gasteiger partial charge in [0, 0.05) is 13.1 Å². The van der Waals surface area contributed by atoms with Gasteiger partial charge >= 0.3 is 23.1 Å². The number of carbonyl (C=O) groups is 2. The monoisotopic (exact) mass is 196 g/mol. The van der Waals surface area contributed by atoms with E-state index >= 15 is 0 Å². The van der Waals surface area contributed by atoms with E-state index in [0.717, 1.165) is 0 Å². The Morgan fingerprint density at radius 3 is 1.23 bits per heavy atom. The third kappa shape index (κ3) is 5.80. The van der Waals surface area contributed by atoms with Gasteiger partial charge in [-0.15, -0.1) is 0 Å². The smallest absolute Gasteiger partial charge is 0.548 e.